The van der Waals surface area contributed by atoms with Crippen molar-refractivity contribution in [1.82, 2.24) is 20.1 Å². The van der Waals surface area contributed by atoms with Crippen LogP contribution in [0.3, 0.4) is 0 Å². The number of hydrogen-bond acceptors (Lipinski definition) is 9. The van der Waals surface area contributed by atoms with E-state index in [4.69, 9.17) is 4.74 Å². The number of nitrogens with zero attached hydrogens (tertiary/aromatic N) is 4. The quantitative estimate of drug-likeness (QED) is 0.353. The van der Waals surface area contributed by atoms with E-state index in [1.165, 1.54) is 23.1 Å². The van der Waals surface area contributed by atoms with Gasteiger partial charge in [0.25, 0.3) is 0 Å². The number of anilines is 2. The molecule has 2 aromatic carbocycles. The zero-order chi connectivity index (χ0) is 21.8. The minimum Gasteiger partial charge on any atom is -0.495 e. The summed E-state index contributed by atoms with van der Waals surface area (Å²) in [6, 6.07) is 15.5. The van der Waals surface area contributed by atoms with E-state index in [-0.39, 0.29) is 17.7 Å². The lowest BCUT2D eigenvalue weighted by atomic mass is 10.3. The zero-order valence-corrected chi connectivity index (χ0v) is 19.7. The third kappa shape index (κ3) is 4.97. The molecule has 2 heterocycles. The van der Waals surface area contributed by atoms with Gasteiger partial charge in [0.1, 0.15) is 10.8 Å². The lowest BCUT2D eigenvalue weighted by Gasteiger charge is -2.22. The van der Waals surface area contributed by atoms with Crippen LogP contribution in [0.15, 0.2) is 52.9 Å². The van der Waals surface area contributed by atoms with Crippen molar-refractivity contribution in [3.05, 3.63) is 53.5 Å². The number of aromatic nitrogens is 3. The number of nitrogens with one attached hydrogen (secondary N) is 1. The maximum atomic E-state index is 12.7. The van der Waals surface area contributed by atoms with Gasteiger partial charge in [-0.25, -0.2) is 4.98 Å². The second-order valence-corrected chi connectivity index (χ2v) is 9.95. The van der Waals surface area contributed by atoms with Gasteiger partial charge in [-0.1, -0.05) is 47.4 Å². The summed E-state index contributed by atoms with van der Waals surface area (Å²) in [5, 5.41) is 13.1. The van der Waals surface area contributed by atoms with Crippen LogP contribution < -0.4 is 10.1 Å². The summed E-state index contributed by atoms with van der Waals surface area (Å²) in [7, 11) is 3.44. The monoisotopic (exact) mass is 471 g/mol. The van der Waals surface area contributed by atoms with E-state index in [1.807, 2.05) is 62.5 Å². The van der Waals surface area contributed by atoms with Gasteiger partial charge in [0.15, 0.2) is 4.34 Å². The van der Waals surface area contributed by atoms with Crippen LogP contribution >= 0.6 is 34.4 Å². The molecule has 0 radical (unpaired) electrons. The van der Waals surface area contributed by atoms with Crippen LogP contribution in [0.4, 0.5) is 10.8 Å². The molecule has 0 saturated carbocycles. The summed E-state index contributed by atoms with van der Waals surface area (Å²) in [6.45, 7) is 2.00. The molecular formula is C21H21N5O2S3. The molecule has 0 fully saturated rings. The van der Waals surface area contributed by atoms with Crippen molar-refractivity contribution in [1.29, 1.82) is 0 Å². The minimum atomic E-state index is -0.0947. The predicted molar refractivity (Wildman–Crippen MR) is 128 cm³/mol. The number of carbonyl (C=O) groups is 1. The number of benzene rings is 2. The van der Waals surface area contributed by atoms with Gasteiger partial charge in [-0.15, -0.1) is 21.5 Å². The normalized spacial score (nSPS) is 12.0. The first-order valence-corrected chi connectivity index (χ1v) is 12.1. The largest absolute Gasteiger partial charge is 0.495 e. The Morgan fingerprint density at radius 2 is 1.94 bits per heavy atom. The van der Waals surface area contributed by atoms with Crippen LogP contribution in [-0.4, -0.2) is 45.9 Å². The van der Waals surface area contributed by atoms with Crippen molar-refractivity contribution in [2.75, 3.05) is 25.2 Å². The Hall–Kier alpha value is -2.69. The van der Waals surface area contributed by atoms with Crippen molar-refractivity contribution < 1.29 is 9.53 Å². The van der Waals surface area contributed by atoms with Crippen LogP contribution in [0.25, 0.3) is 10.2 Å². The number of thiazole rings is 1. The van der Waals surface area contributed by atoms with E-state index in [1.54, 1.807) is 23.3 Å². The zero-order valence-electron chi connectivity index (χ0n) is 17.2. The molecule has 0 aliphatic heterocycles. The molecule has 0 unspecified atom stereocenters. The van der Waals surface area contributed by atoms with E-state index < -0.39 is 0 Å². The van der Waals surface area contributed by atoms with E-state index in [2.05, 4.69) is 20.5 Å². The third-order valence-electron chi connectivity index (χ3n) is 4.72. The first kappa shape index (κ1) is 21.5. The molecule has 0 aliphatic rings. The molecule has 10 heteroatoms. The van der Waals surface area contributed by atoms with Gasteiger partial charge >= 0.3 is 0 Å². The molecule has 160 valence electrons. The van der Waals surface area contributed by atoms with Crippen molar-refractivity contribution in [3.63, 3.8) is 0 Å². The molecule has 7 nitrogen and oxygen atoms in total. The molecule has 0 spiro atoms. The Labute approximate surface area is 192 Å². The number of fused-ring (bicyclic) bond motifs is 1. The lowest BCUT2D eigenvalue weighted by molar-refractivity contribution is -0.128. The molecule has 0 saturated heterocycles. The second kappa shape index (κ2) is 9.63. The van der Waals surface area contributed by atoms with Gasteiger partial charge in [0, 0.05) is 7.05 Å². The summed E-state index contributed by atoms with van der Waals surface area (Å²) in [4.78, 5) is 19.1. The van der Waals surface area contributed by atoms with Gasteiger partial charge in [0.2, 0.25) is 11.0 Å². The third-order valence-corrected chi connectivity index (χ3v) is 7.88. The average Bonchev–Trinajstić information content (AvgIpc) is 3.43. The van der Waals surface area contributed by atoms with E-state index >= 15 is 0 Å². The first-order chi connectivity index (χ1) is 15.0. The van der Waals surface area contributed by atoms with Crippen LogP contribution in [0.2, 0.25) is 0 Å². The van der Waals surface area contributed by atoms with Crippen LogP contribution in [0, 0.1) is 0 Å². The molecule has 1 amide bonds. The van der Waals surface area contributed by atoms with Gasteiger partial charge in [-0.3, -0.25) is 4.79 Å². The summed E-state index contributed by atoms with van der Waals surface area (Å²) < 4.78 is 7.20. The fourth-order valence-corrected chi connectivity index (χ4v) is 5.61. The van der Waals surface area contributed by atoms with Crippen LogP contribution in [-0.2, 0) is 4.79 Å². The average molecular weight is 472 g/mol. The number of rotatable bonds is 8. The van der Waals surface area contributed by atoms with Gasteiger partial charge in [-0.05, 0) is 31.2 Å². The summed E-state index contributed by atoms with van der Waals surface area (Å²) in [5.41, 5.74) is 1.78. The molecule has 0 aliphatic carbocycles. The highest BCUT2D eigenvalue weighted by Crippen LogP contribution is 2.32. The molecule has 2 aromatic heterocycles. The number of hydrogen-bond donors (Lipinski definition) is 1. The highest BCUT2D eigenvalue weighted by Gasteiger charge is 2.21. The maximum absolute atomic E-state index is 12.7. The van der Waals surface area contributed by atoms with E-state index in [0.717, 1.165) is 31.0 Å². The number of methoxy groups -OCH3 is 1. The highest BCUT2D eigenvalue weighted by atomic mass is 32.2. The molecular weight excluding hydrogens is 450 g/mol. The van der Waals surface area contributed by atoms with Crippen LogP contribution in [0.1, 0.15) is 18.0 Å². The fourth-order valence-electron chi connectivity index (χ4n) is 2.86. The smallest absolute Gasteiger partial charge is 0.233 e. The Morgan fingerprint density at radius 3 is 2.74 bits per heavy atom. The van der Waals surface area contributed by atoms with Gasteiger partial charge < -0.3 is 15.0 Å². The Balaban J connectivity index is 1.35. The second-order valence-electron chi connectivity index (χ2n) is 6.69. The summed E-state index contributed by atoms with van der Waals surface area (Å²) >= 11 is 4.40. The number of thioether (sulfide) groups is 1. The molecule has 31 heavy (non-hydrogen) atoms. The van der Waals surface area contributed by atoms with E-state index in [0.29, 0.717) is 5.13 Å². The van der Waals surface area contributed by atoms with Crippen LogP contribution in [0.5, 0.6) is 5.75 Å². The standard InChI is InChI=1S/C21H21N5O2S3/c1-13(19-22-15-9-5-7-11-17(15)30-19)26(2)18(27)12-29-21-25-24-20(31-21)23-14-8-4-6-10-16(14)28-3/h4-11,13H,12H2,1-3H3,(H,23,24)/t13-/m1/s1. The first-order valence-electron chi connectivity index (χ1n) is 9.52. The van der Waals surface area contributed by atoms with Crippen molar-refractivity contribution in [3.8, 4) is 5.75 Å². The number of ether oxygens (including phenoxy) is 1. The molecule has 4 aromatic rings. The van der Waals surface area contributed by atoms with Crippen molar-refractivity contribution in [2.24, 2.45) is 0 Å². The summed E-state index contributed by atoms with van der Waals surface area (Å²) in [5.74, 6) is 1.04. The lowest BCUT2D eigenvalue weighted by Crippen LogP contribution is -2.31. The number of amides is 1. The van der Waals surface area contributed by atoms with E-state index in [9.17, 15) is 4.79 Å². The predicted octanol–water partition coefficient (Wildman–Crippen LogP) is 5.21. The minimum absolute atomic E-state index is 0.0196. The van der Waals surface area contributed by atoms with Crippen molar-refractivity contribution >= 4 is 61.4 Å². The van der Waals surface area contributed by atoms with Gasteiger partial charge in [0.05, 0.1) is 34.8 Å². The highest BCUT2D eigenvalue weighted by molar-refractivity contribution is 8.01. The molecule has 4 rings (SSSR count). The molecule has 1 N–H and O–H groups in total. The Kier molecular flexibility index (Phi) is 6.69. The van der Waals surface area contributed by atoms with Gasteiger partial charge in [-0.2, -0.15) is 0 Å². The number of carbonyl (C=O) groups excluding carboxylic acids is 1. The topological polar surface area (TPSA) is 80.2 Å². The maximum Gasteiger partial charge on any atom is 0.233 e. The Bertz CT molecular complexity index is 1160. The fraction of sp³-hybridized carbons (Fsp3) is 0.238. The summed E-state index contributed by atoms with van der Waals surface area (Å²) in [6.07, 6.45) is 0. The molecule has 0 bridgehead atoms. The Morgan fingerprint density at radius 1 is 1.16 bits per heavy atom. The number of para-hydroxylation sites is 3. The molecule has 1 atom stereocenters. The van der Waals surface area contributed by atoms with Crippen molar-refractivity contribution in [2.45, 2.75) is 17.3 Å². The SMILES string of the molecule is COc1ccccc1Nc1nnc(SCC(=O)N(C)[C@H](C)c2nc3ccccc3s2)s1.